The number of para-hydroxylation sites is 2. The highest BCUT2D eigenvalue weighted by Crippen LogP contribution is 2.42. The third-order valence-corrected chi connectivity index (χ3v) is 8.01. The number of benzene rings is 3. The van der Waals surface area contributed by atoms with Crippen molar-refractivity contribution in [3.63, 3.8) is 0 Å². The second kappa shape index (κ2) is 10.7. The highest BCUT2D eigenvalue weighted by molar-refractivity contribution is 7.17. The van der Waals surface area contributed by atoms with E-state index in [0.717, 1.165) is 27.3 Å². The molecule has 4 N–H and O–H groups in total. The molecule has 0 bridgehead atoms. The third kappa shape index (κ3) is 4.98. The van der Waals surface area contributed by atoms with Gasteiger partial charge in [-0.15, -0.1) is 11.3 Å². The lowest BCUT2D eigenvalue weighted by atomic mass is 10.0. The molecule has 5 rings (SSSR count). The minimum absolute atomic E-state index is 0.137. The Labute approximate surface area is 230 Å². The average Bonchev–Trinajstić information content (AvgIpc) is 3.29. The van der Waals surface area contributed by atoms with Gasteiger partial charge >= 0.3 is 0 Å². The summed E-state index contributed by atoms with van der Waals surface area (Å²) >= 11 is 1.34. The van der Waals surface area contributed by atoms with Crippen molar-refractivity contribution in [2.24, 2.45) is 5.73 Å². The maximum atomic E-state index is 14.3. The largest absolute Gasteiger partial charge is 0.404 e. The smallest absolute Gasteiger partial charge is 0.265 e. The van der Waals surface area contributed by atoms with Crippen molar-refractivity contribution in [3.05, 3.63) is 112 Å². The molecule has 2 heterocycles. The number of aryl methyl sites for hydroxylation is 1. The molecular formula is C31H27FN4O2S. The van der Waals surface area contributed by atoms with E-state index in [-0.39, 0.29) is 17.5 Å². The number of thiophene rings is 1. The van der Waals surface area contributed by atoms with Gasteiger partial charge in [-0.3, -0.25) is 9.59 Å². The summed E-state index contributed by atoms with van der Waals surface area (Å²) in [6.07, 6.45) is 1.96. The Balaban J connectivity index is 1.44. The Morgan fingerprint density at radius 2 is 1.77 bits per heavy atom. The average molecular weight is 539 g/mol. The van der Waals surface area contributed by atoms with Crippen LogP contribution in [0.25, 0.3) is 16.0 Å². The molecule has 1 aliphatic heterocycles. The summed E-state index contributed by atoms with van der Waals surface area (Å²) in [6, 6.07) is 21.3. The summed E-state index contributed by atoms with van der Waals surface area (Å²) in [5.74, 6) is -0.975. The van der Waals surface area contributed by atoms with Crippen molar-refractivity contribution in [1.29, 1.82) is 5.41 Å². The number of allylic oxidation sites excluding steroid dienone is 1. The zero-order valence-corrected chi connectivity index (χ0v) is 22.4. The van der Waals surface area contributed by atoms with E-state index in [1.54, 1.807) is 55.1 Å². The van der Waals surface area contributed by atoms with Gasteiger partial charge < -0.3 is 21.4 Å². The van der Waals surface area contributed by atoms with Gasteiger partial charge in [0.05, 0.1) is 16.3 Å². The predicted molar refractivity (Wildman–Crippen MR) is 156 cm³/mol. The summed E-state index contributed by atoms with van der Waals surface area (Å²) in [4.78, 5) is 29.9. The molecule has 0 atom stereocenters. The zero-order valence-electron chi connectivity index (χ0n) is 21.5. The van der Waals surface area contributed by atoms with E-state index in [2.05, 4.69) is 5.32 Å². The topological polar surface area (TPSA) is 99.3 Å². The number of hydrogen-bond donors (Lipinski definition) is 3. The minimum atomic E-state index is -0.475. The monoisotopic (exact) mass is 538 g/mol. The molecule has 0 saturated carbocycles. The number of nitrogens with one attached hydrogen (secondary N) is 2. The van der Waals surface area contributed by atoms with Gasteiger partial charge in [-0.25, -0.2) is 4.39 Å². The van der Waals surface area contributed by atoms with E-state index in [1.807, 2.05) is 30.3 Å². The van der Waals surface area contributed by atoms with E-state index in [9.17, 15) is 14.0 Å². The highest BCUT2D eigenvalue weighted by atomic mass is 32.1. The number of carbonyl (C=O) groups excluding carboxylic acids is 2. The fourth-order valence-electron chi connectivity index (χ4n) is 4.77. The number of fused-ring (bicyclic) bond motifs is 3. The number of anilines is 2. The normalized spacial score (nSPS) is 12.8. The van der Waals surface area contributed by atoms with E-state index < -0.39 is 5.82 Å². The predicted octanol–water partition coefficient (Wildman–Crippen LogP) is 6.66. The first-order chi connectivity index (χ1) is 18.8. The van der Waals surface area contributed by atoms with Crippen molar-refractivity contribution < 1.29 is 14.0 Å². The quantitative estimate of drug-likeness (QED) is 0.248. The van der Waals surface area contributed by atoms with Crippen LogP contribution in [0.2, 0.25) is 0 Å². The molecule has 0 saturated heterocycles. The van der Waals surface area contributed by atoms with Crippen LogP contribution in [-0.4, -0.2) is 24.1 Å². The van der Waals surface area contributed by atoms with Crippen molar-refractivity contribution >= 4 is 45.8 Å². The standard InChI is InChI=1S/C31H27FN4O2S/c1-18-6-5-8-25(32)28(18)35-30(37)27-16-22-14-15-36(26-9-4-3-7-23(26)29(22)39-27)31(38)21-12-10-20(11-13-21)24(17-33)19(2)34/h3-13,16-17,34H,14-15,33H2,1-2H3,(H,35,37)/b24-17+,34-19?. The molecule has 0 unspecified atom stereocenters. The molecule has 3 aromatic carbocycles. The molecule has 0 aliphatic carbocycles. The molecule has 6 nitrogen and oxygen atoms in total. The van der Waals surface area contributed by atoms with Crippen LogP contribution in [0.5, 0.6) is 0 Å². The second-order valence-corrected chi connectivity index (χ2v) is 10.4. The second-order valence-electron chi connectivity index (χ2n) is 9.36. The molecule has 0 radical (unpaired) electrons. The number of halogens is 1. The maximum absolute atomic E-state index is 14.3. The molecule has 1 aliphatic rings. The zero-order chi connectivity index (χ0) is 27.7. The van der Waals surface area contributed by atoms with Gasteiger partial charge in [0.1, 0.15) is 5.82 Å². The first-order valence-corrected chi connectivity index (χ1v) is 13.3. The fourth-order valence-corrected chi connectivity index (χ4v) is 5.91. The molecule has 4 aromatic rings. The van der Waals surface area contributed by atoms with Crippen molar-refractivity contribution in [2.75, 3.05) is 16.8 Å². The van der Waals surface area contributed by atoms with Crippen LogP contribution in [0.15, 0.2) is 79.0 Å². The van der Waals surface area contributed by atoms with Gasteiger partial charge in [-0.2, -0.15) is 0 Å². The summed E-state index contributed by atoms with van der Waals surface area (Å²) in [6.45, 7) is 3.85. The molecule has 8 heteroatoms. The van der Waals surface area contributed by atoms with Crippen molar-refractivity contribution in [2.45, 2.75) is 20.3 Å². The Bertz CT molecular complexity index is 1620. The molecule has 0 fully saturated rings. The molecule has 1 aromatic heterocycles. The van der Waals surface area contributed by atoms with E-state index in [1.165, 1.54) is 23.6 Å². The Hall–Kier alpha value is -4.56. The van der Waals surface area contributed by atoms with Crippen LogP contribution in [0.3, 0.4) is 0 Å². The number of hydrogen-bond acceptors (Lipinski definition) is 5. The lowest BCUT2D eigenvalue weighted by molar-refractivity contribution is 0.0985. The molecule has 196 valence electrons. The van der Waals surface area contributed by atoms with E-state index in [4.69, 9.17) is 11.1 Å². The first-order valence-electron chi connectivity index (χ1n) is 12.5. The minimum Gasteiger partial charge on any atom is -0.404 e. The Kier molecular flexibility index (Phi) is 7.13. The van der Waals surface area contributed by atoms with Crippen LogP contribution in [0.1, 0.15) is 43.6 Å². The number of rotatable bonds is 5. The van der Waals surface area contributed by atoms with Crippen LogP contribution in [0, 0.1) is 18.2 Å². The lowest BCUT2D eigenvalue weighted by Gasteiger charge is -2.23. The molecular weight excluding hydrogens is 511 g/mol. The molecule has 2 amide bonds. The van der Waals surface area contributed by atoms with Gasteiger partial charge in [0.2, 0.25) is 0 Å². The van der Waals surface area contributed by atoms with Gasteiger partial charge in [0.15, 0.2) is 0 Å². The summed E-state index contributed by atoms with van der Waals surface area (Å²) in [5, 5.41) is 10.6. The van der Waals surface area contributed by atoms with Crippen LogP contribution in [-0.2, 0) is 6.42 Å². The lowest BCUT2D eigenvalue weighted by Crippen LogP contribution is -2.32. The van der Waals surface area contributed by atoms with E-state index in [0.29, 0.717) is 40.3 Å². The molecule has 0 spiro atoms. The van der Waals surface area contributed by atoms with Crippen LogP contribution < -0.4 is 16.0 Å². The fraction of sp³-hybridized carbons (Fsp3) is 0.129. The van der Waals surface area contributed by atoms with Crippen LogP contribution >= 0.6 is 11.3 Å². The van der Waals surface area contributed by atoms with E-state index >= 15 is 0 Å². The maximum Gasteiger partial charge on any atom is 0.265 e. The highest BCUT2D eigenvalue weighted by Gasteiger charge is 2.28. The van der Waals surface area contributed by atoms with Crippen LogP contribution in [0.4, 0.5) is 15.8 Å². The number of nitrogens with zero attached hydrogens (tertiary/aromatic N) is 1. The van der Waals surface area contributed by atoms with Gasteiger partial charge in [0.25, 0.3) is 11.8 Å². The number of amides is 2. The summed E-state index contributed by atoms with van der Waals surface area (Å²) in [7, 11) is 0. The number of carbonyl (C=O) groups is 2. The number of nitrogens with two attached hydrogens (primary N) is 1. The Morgan fingerprint density at radius 1 is 1.05 bits per heavy atom. The summed E-state index contributed by atoms with van der Waals surface area (Å²) < 4.78 is 14.3. The SMILES string of the molecule is CC(=N)/C(=C\N)c1ccc(C(=O)N2CCc3cc(C(=O)Nc4c(C)cccc4F)sc3-c3ccccc32)cc1. The first kappa shape index (κ1) is 26.1. The van der Waals surface area contributed by atoms with Crippen molar-refractivity contribution in [3.8, 4) is 10.4 Å². The molecule has 39 heavy (non-hydrogen) atoms. The van der Waals surface area contributed by atoms with Gasteiger partial charge in [0, 0.05) is 40.0 Å². The third-order valence-electron chi connectivity index (χ3n) is 6.80. The summed E-state index contributed by atoms with van der Waals surface area (Å²) in [5.41, 5.74) is 11.4. The van der Waals surface area contributed by atoms with Gasteiger partial charge in [-0.1, -0.05) is 42.5 Å². The van der Waals surface area contributed by atoms with Crippen molar-refractivity contribution in [1.82, 2.24) is 0 Å². The van der Waals surface area contributed by atoms with Gasteiger partial charge in [-0.05, 0) is 67.3 Å². The Morgan fingerprint density at radius 3 is 2.46 bits per heavy atom.